The van der Waals surface area contributed by atoms with Crippen LogP contribution in [0, 0.1) is 11.3 Å². The highest BCUT2D eigenvalue weighted by Gasteiger charge is 2.28. The van der Waals surface area contributed by atoms with Gasteiger partial charge in [0.15, 0.2) is 0 Å². The molecule has 28 heavy (non-hydrogen) atoms. The van der Waals surface area contributed by atoms with Crippen molar-refractivity contribution in [2.24, 2.45) is 0 Å². The first kappa shape index (κ1) is 21.1. The summed E-state index contributed by atoms with van der Waals surface area (Å²) in [6.45, 7) is 5.38. The highest BCUT2D eigenvalue weighted by atomic mass is 16.6. The minimum atomic E-state index is -0.642. The van der Waals surface area contributed by atoms with E-state index in [1.54, 1.807) is 59.3 Å². The van der Waals surface area contributed by atoms with E-state index in [0.717, 1.165) is 11.1 Å². The third-order valence-electron chi connectivity index (χ3n) is 4.09. The third kappa shape index (κ3) is 5.65. The van der Waals surface area contributed by atoms with E-state index in [0.29, 0.717) is 11.5 Å². The number of hydrogen-bond acceptors (Lipinski definition) is 5. The Morgan fingerprint density at radius 3 is 1.79 bits per heavy atom. The van der Waals surface area contributed by atoms with Crippen LogP contribution < -0.4 is 14.8 Å². The van der Waals surface area contributed by atoms with Gasteiger partial charge in [0, 0.05) is 0 Å². The summed E-state index contributed by atoms with van der Waals surface area (Å²) >= 11 is 0. The number of amides is 1. The Balaban J connectivity index is 2.38. The van der Waals surface area contributed by atoms with Crippen molar-refractivity contribution in [3.63, 3.8) is 0 Å². The van der Waals surface area contributed by atoms with Gasteiger partial charge >= 0.3 is 6.09 Å². The zero-order valence-corrected chi connectivity index (χ0v) is 16.9. The summed E-state index contributed by atoms with van der Waals surface area (Å²) in [6, 6.07) is 16.2. The number of carbonyl (C=O) groups is 1. The van der Waals surface area contributed by atoms with Gasteiger partial charge in [0.05, 0.1) is 32.2 Å². The van der Waals surface area contributed by atoms with Crippen molar-refractivity contribution < 1.29 is 19.0 Å². The zero-order chi connectivity index (χ0) is 20.7. The van der Waals surface area contributed by atoms with Crippen molar-refractivity contribution in [3.05, 3.63) is 59.7 Å². The van der Waals surface area contributed by atoms with E-state index in [2.05, 4.69) is 11.4 Å². The van der Waals surface area contributed by atoms with Crippen LogP contribution in [0.5, 0.6) is 11.5 Å². The highest BCUT2D eigenvalue weighted by Crippen LogP contribution is 2.32. The van der Waals surface area contributed by atoms with Crippen LogP contribution in [0.15, 0.2) is 48.5 Å². The van der Waals surface area contributed by atoms with E-state index in [4.69, 9.17) is 14.2 Å². The lowest BCUT2D eigenvalue weighted by molar-refractivity contribution is 0.0500. The lowest BCUT2D eigenvalue weighted by Gasteiger charge is -2.27. The second-order valence-corrected chi connectivity index (χ2v) is 7.28. The first-order valence-electron chi connectivity index (χ1n) is 8.94. The van der Waals surface area contributed by atoms with E-state index in [9.17, 15) is 10.1 Å². The predicted molar refractivity (Wildman–Crippen MR) is 106 cm³/mol. The number of carbonyl (C=O) groups excluding carboxylic acids is 1. The minimum absolute atomic E-state index is 0.581. The van der Waals surface area contributed by atoms with Crippen molar-refractivity contribution in [3.8, 4) is 17.6 Å². The standard InChI is InChI=1S/C22H26N2O4/c1-22(2,3)28-21(25)24-20(16-8-12-18(27-5)13-9-16)19(14-23)15-6-10-17(26-4)11-7-15/h6-13,19-20H,1-5H3,(H,24,25). The van der Waals surface area contributed by atoms with Gasteiger partial charge in [0.25, 0.3) is 0 Å². The minimum Gasteiger partial charge on any atom is -0.497 e. The van der Waals surface area contributed by atoms with Crippen molar-refractivity contribution in [2.75, 3.05) is 14.2 Å². The number of rotatable bonds is 6. The molecule has 6 heteroatoms. The molecule has 0 heterocycles. The number of nitrogens with one attached hydrogen (secondary N) is 1. The van der Waals surface area contributed by atoms with Gasteiger partial charge in [0.1, 0.15) is 17.1 Å². The molecular weight excluding hydrogens is 356 g/mol. The molecule has 2 rings (SSSR count). The Hall–Kier alpha value is -3.20. The molecule has 0 spiro atoms. The first-order chi connectivity index (χ1) is 13.3. The van der Waals surface area contributed by atoms with Gasteiger partial charge in [-0.3, -0.25) is 0 Å². The SMILES string of the molecule is COc1ccc(C(C#N)C(NC(=O)OC(C)(C)C)c2ccc(OC)cc2)cc1. The second-order valence-electron chi connectivity index (χ2n) is 7.28. The van der Waals surface area contributed by atoms with Crippen LogP contribution in [0.2, 0.25) is 0 Å². The average molecular weight is 382 g/mol. The Kier molecular flexibility index (Phi) is 6.89. The fourth-order valence-electron chi connectivity index (χ4n) is 2.76. The molecule has 0 saturated heterocycles. The number of nitrogens with zero attached hydrogens (tertiary/aromatic N) is 1. The van der Waals surface area contributed by atoms with Gasteiger partial charge < -0.3 is 19.5 Å². The van der Waals surface area contributed by atoms with Crippen molar-refractivity contribution in [2.45, 2.75) is 38.3 Å². The van der Waals surface area contributed by atoms with Crippen LogP contribution in [0.25, 0.3) is 0 Å². The van der Waals surface area contributed by atoms with Gasteiger partial charge in [-0.05, 0) is 56.2 Å². The molecule has 1 amide bonds. The summed E-state index contributed by atoms with van der Waals surface area (Å²) in [7, 11) is 3.17. The number of hydrogen-bond donors (Lipinski definition) is 1. The smallest absolute Gasteiger partial charge is 0.408 e. The van der Waals surface area contributed by atoms with Crippen molar-refractivity contribution in [1.29, 1.82) is 5.26 Å². The van der Waals surface area contributed by atoms with Crippen LogP contribution in [-0.2, 0) is 4.74 Å². The largest absolute Gasteiger partial charge is 0.497 e. The number of nitriles is 1. The Labute approximate surface area is 166 Å². The predicted octanol–water partition coefficient (Wildman–Crippen LogP) is 4.58. The second kappa shape index (κ2) is 9.14. The lowest BCUT2D eigenvalue weighted by atomic mass is 9.88. The molecule has 0 radical (unpaired) electrons. The Morgan fingerprint density at radius 1 is 0.929 bits per heavy atom. The first-order valence-corrected chi connectivity index (χ1v) is 8.94. The molecule has 0 aromatic heterocycles. The molecule has 0 aliphatic heterocycles. The van der Waals surface area contributed by atoms with Crippen molar-refractivity contribution in [1.82, 2.24) is 5.32 Å². The Morgan fingerprint density at radius 2 is 1.39 bits per heavy atom. The van der Waals surface area contributed by atoms with Crippen LogP contribution in [0.4, 0.5) is 4.79 Å². The molecular formula is C22H26N2O4. The van der Waals surface area contributed by atoms with Gasteiger partial charge in [-0.25, -0.2) is 4.79 Å². The van der Waals surface area contributed by atoms with Gasteiger partial charge in [-0.1, -0.05) is 24.3 Å². The molecule has 2 unspecified atom stereocenters. The van der Waals surface area contributed by atoms with E-state index < -0.39 is 23.7 Å². The summed E-state index contributed by atoms with van der Waals surface area (Å²) in [5, 5.41) is 12.7. The molecule has 2 atom stereocenters. The quantitative estimate of drug-likeness (QED) is 0.791. The van der Waals surface area contributed by atoms with Gasteiger partial charge in [-0.2, -0.15) is 5.26 Å². The molecule has 148 valence electrons. The normalized spacial score (nSPS) is 13.0. The summed E-state index contributed by atoms with van der Waals surface area (Å²) < 4.78 is 15.8. The number of methoxy groups -OCH3 is 2. The molecule has 0 fully saturated rings. The van der Waals surface area contributed by atoms with Crippen LogP contribution in [0.3, 0.4) is 0 Å². The molecule has 0 aliphatic rings. The summed E-state index contributed by atoms with van der Waals surface area (Å²) in [5.41, 5.74) is 0.894. The van der Waals surface area contributed by atoms with Crippen LogP contribution >= 0.6 is 0 Å². The van der Waals surface area contributed by atoms with Crippen LogP contribution in [-0.4, -0.2) is 25.9 Å². The zero-order valence-electron chi connectivity index (χ0n) is 16.9. The van der Waals surface area contributed by atoms with E-state index in [1.807, 2.05) is 24.3 Å². The van der Waals surface area contributed by atoms with Gasteiger partial charge in [-0.15, -0.1) is 0 Å². The summed E-state index contributed by atoms with van der Waals surface area (Å²) in [5.74, 6) is 0.770. The maximum atomic E-state index is 12.4. The topological polar surface area (TPSA) is 80.6 Å². The maximum Gasteiger partial charge on any atom is 0.408 e. The maximum absolute atomic E-state index is 12.4. The molecule has 0 bridgehead atoms. The fourth-order valence-corrected chi connectivity index (χ4v) is 2.76. The van der Waals surface area contributed by atoms with E-state index in [1.165, 1.54) is 0 Å². The number of benzene rings is 2. The number of ether oxygens (including phenoxy) is 3. The molecule has 1 N–H and O–H groups in total. The summed E-state index contributed by atoms with van der Waals surface area (Å²) in [4.78, 5) is 12.4. The molecule has 0 aliphatic carbocycles. The molecule has 2 aromatic carbocycles. The van der Waals surface area contributed by atoms with Crippen molar-refractivity contribution >= 4 is 6.09 Å². The average Bonchev–Trinajstić information content (AvgIpc) is 2.67. The Bertz CT molecular complexity index is 818. The molecule has 0 saturated carbocycles. The third-order valence-corrected chi connectivity index (χ3v) is 4.09. The molecule has 6 nitrogen and oxygen atoms in total. The van der Waals surface area contributed by atoms with Crippen LogP contribution in [0.1, 0.15) is 43.9 Å². The number of alkyl carbamates (subject to hydrolysis) is 1. The molecule has 2 aromatic rings. The van der Waals surface area contributed by atoms with E-state index >= 15 is 0 Å². The van der Waals surface area contributed by atoms with E-state index in [-0.39, 0.29) is 0 Å². The summed E-state index contributed by atoms with van der Waals surface area (Å²) in [6.07, 6.45) is -0.581. The highest BCUT2D eigenvalue weighted by molar-refractivity contribution is 5.69. The fraction of sp³-hybridized carbons (Fsp3) is 0.364. The van der Waals surface area contributed by atoms with Gasteiger partial charge in [0.2, 0.25) is 0 Å². The lowest BCUT2D eigenvalue weighted by Crippen LogP contribution is -2.37. The monoisotopic (exact) mass is 382 g/mol.